The van der Waals surface area contributed by atoms with Crippen molar-refractivity contribution in [3.63, 3.8) is 0 Å². The van der Waals surface area contributed by atoms with Crippen LogP contribution in [-0.2, 0) is 0 Å². The first kappa shape index (κ1) is 13.1. The van der Waals surface area contributed by atoms with E-state index in [0.29, 0.717) is 5.56 Å². The molecule has 2 aromatic carbocycles. The average molecular weight is 255 g/mol. The predicted octanol–water partition coefficient (Wildman–Crippen LogP) is 3.57. The fourth-order valence-corrected chi connectivity index (χ4v) is 1.89. The molecule has 3 nitrogen and oxygen atoms in total. The molecule has 0 aliphatic heterocycles. The van der Waals surface area contributed by atoms with Crippen LogP contribution in [0.5, 0.6) is 5.75 Å². The summed E-state index contributed by atoms with van der Waals surface area (Å²) in [6.45, 7) is 5.79. The van der Waals surface area contributed by atoms with E-state index in [-0.39, 0.29) is 11.7 Å². The molecule has 2 aromatic rings. The summed E-state index contributed by atoms with van der Waals surface area (Å²) in [5, 5.41) is 12.6. The number of rotatable bonds is 2. The lowest BCUT2D eigenvalue weighted by atomic mass is 10.1. The third-order valence-corrected chi connectivity index (χ3v) is 3.04. The second kappa shape index (κ2) is 5.14. The number of nitrogens with one attached hydrogen (secondary N) is 1. The number of phenolic OH excluding ortho intramolecular Hbond substituents is 1. The lowest BCUT2D eigenvalue weighted by Gasteiger charge is -2.10. The highest BCUT2D eigenvalue weighted by Crippen LogP contribution is 2.22. The molecule has 2 rings (SSSR count). The Balaban J connectivity index is 2.30. The van der Waals surface area contributed by atoms with Gasteiger partial charge in [-0.3, -0.25) is 4.79 Å². The maximum Gasteiger partial charge on any atom is 0.259 e. The average Bonchev–Trinajstić information content (AvgIpc) is 2.36. The summed E-state index contributed by atoms with van der Waals surface area (Å²) in [6.07, 6.45) is 0. The lowest BCUT2D eigenvalue weighted by molar-refractivity contribution is 0.102. The van der Waals surface area contributed by atoms with Crippen molar-refractivity contribution < 1.29 is 9.90 Å². The number of amides is 1. The van der Waals surface area contributed by atoms with Crippen LogP contribution in [0.1, 0.15) is 27.0 Å². The maximum absolute atomic E-state index is 12.2. The molecule has 1 amide bonds. The van der Waals surface area contributed by atoms with E-state index in [0.717, 1.165) is 22.4 Å². The molecular formula is C16H17NO2. The molecule has 98 valence electrons. The number of carbonyl (C=O) groups excluding carboxylic acids is 1. The maximum atomic E-state index is 12.2. The topological polar surface area (TPSA) is 49.3 Å². The summed E-state index contributed by atoms with van der Waals surface area (Å²) >= 11 is 0. The first-order chi connectivity index (χ1) is 8.97. The van der Waals surface area contributed by atoms with Crippen molar-refractivity contribution >= 4 is 11.6 Å². The minimum absolute atomic E-state index is 0.00611. The number of aromatic hydroxyl groups is 1. The molecule has 0 fully saturated rings. The van der Waals surface area contributed by atoms with Crippen molar-refractivity contribution in [2.75, 3.05) is 5.32 Å². The molecule has 3 heteroatoms. The van der Waals surface area contributed by atoms with Gasteiger partial charge < -0.3 is 10.4 Å². The van der Waals surface area contributed by atoms with Crippen molar-refractivity contribution in [2.45, 2.75) is 20.8 Å². The molecule has 2 N–H and O–H groups in total. The Hall–Kier alpha value is -2.29. The predicted molar refractivity (Wildman–Crippen MR) is 76.7 cm³/mol. The van der Waals surface area contributed by atoms with Gasteiger partial charge in [-0.2, -0.15) is 0 Å². The lowest BCUT2D eigenvalue weighted by Crippen LogP contribution is -2.13. The van der Waals surface area contributed by atoms with Crippen LogP contribution in [-0.4, -0.2) is 11.0 Å². The highest BCUT2D eigenvalue weighted by Gasteiger charge is 2.12. The molecule has 0 aromatic heterocycles. The highest BCUT2D eigenvalue weighted by atomic mass is 16.3. The zero-order valence-electron chi connectivity index (χ0n) is 11.3. The van der Waals surface area contributed by atoms with Crippen molar-refractivity contribution in [3.8, 4) is 5.75 Å². The molecule has 0 aliphatic rings. The van der Waals surface area contributed by atoms with E-state index in [1.165, 1.54) is 6.07 Å². The van der Waals surface area contributed by atoms with Gasteiger partial charge in [-0.1, -0.05) is 23.8 Å². The molecule has 0 aliphatic carbocycles. The van der Waals surface area contributed by atoms with Crippen LogP contribution in [0, 0.1) is 20.8 Å². The summed E-state index contributed by atoms with van der Waals surface area (Å²) in [5.41, 5.74) is 4.07. The summed E-state index contributed by atoms with van der Waals surface area (Å²) < 4.78 is 0. The van der Waals surface area contributed by atoms with Gasteiger partial charge in [0.2, 0.25) is 0 Å². The highest BCUT2D eigenvalue weighted by molar-refractivity contribution is 6.06. The summed E-state index contributed by atoms with van der Waals surface area (Å²) in [5.74, 6) is -0.302. The Morgan fingerprint density at radius 3 is 2.37 bits per heavy atom. The smallest absolute Gasteiger partial charge is 0.259 e. The number of aryl methyl sites for hydroxylation is 3. The van der Waals surface area contributed by atoms with Gasteiger partial charge in [0.25, 0.3) is 5.91 Å². The summed E-state index contributed by atoms with van der Waals surface area (Å²) in [6, 6.07) is 10.9. The number of benzene rings is 2. The standard InChI is InChI=1S/C16H17NO2/c1-10-5-7-15(18)13(8-10)16(19)17-14-9-11(2)4-6-12(14)3/h4-9,18H,1-3H3,(H,17,19). The summed E-state index contributed by atoms with van der Waals surface area (Å²) in [4.78, 5) is 12.2. The third-order valence-electron chi connectivity index (χ3n) is 3.04. The van der Waals surface area contributed by atoms with E-state index in [1.807, 2.05) is 39.0 Å². The summed E-state index contributed by atoms with van der Waals surface area (Å²) in [7, 11) is 0. The molecule has 0 bridgehead atoms. The Labute approximate surface area is 112 Å². The SMILES string of the molecule is Cc1ccc(C)c(NC(=O)c2cc(C)ccc2O)c1. The van der Waals surface area contributed by atoms with Crippen LogP contribution < -0.4 is 5.32 Å². The van der Waals surface area contributed by atoms with E-state index >= 15 is 0 Å². The second-order valence-corrected chi connectivity index (χ2v) is 4.79. The molecule has 0 spiro atoms. The molecule has 0 radical (unpaired) electrons. The van der Waals surface area contributed by atoms with E-state index in [4.69, 9.17) is 0 Å². The van der Waals surface area contributed by atoms with Crippen molar-refractivity contribution in [2.24, 2.45) is 0 Å². The molecule has 0 atom stereocenters. The fourth-order valence-electron chi connectivity index (χ4n) is 1.89. The largest absolute Gasteiger partial charge is 0.507 e. The van der Waals surface area contributed by atoms with Gasteiger partial charge in [0.05, 0.1) is 5.56 Å². The second-order valence-electron chi connectivity index (χ2n) is 4.79. The first-order valence-electron chi connectivity index (χ1n) is 6.15. The first-order valence-corrected chi connectivity index (χ1v) is 6.15. The van der Waals surface area contributed by atoms with E-state index in [9.17, 15) is 9.90 Å². The van der Waals surface area contributed by atoms with Gasteiger partial charge in [0.15, 0.2) is 0 Å². The fraction of sp³-hybridized carbons (Fsp3) is 0.188. The van der Waals surface area contributed by atoms with Gasteiger partial charge in [-0.15, -0.1) is 0 Å². The normalized spacial score (nSPS) is 10.3. The Kier molecular flexibility index (Phi) is 3.56. The van der Waals surface area contributed by atoms with Crippen molar-refractivity contribution in [1.29, 1.82) is 0 Å². The number of hydrogen-bond acceptors (Lipinski definition) is 2. The van der Waals surface area contributed by atoms with Crippen LogP contribution in [0.25, 0.3) is 0 Å². The van der Waals surface area contributed by atoms with Gasteiger partial charge >= 0.3 is 0 Å². The minimum atomic E-state index is -0.296. The monoisotopic (exact) mass is 255 g/mol. The zero-order valence-corrected chi connectivity index (χ0v) is 11.3. The number of carbonyl (C=O) groups is 1. The van der Waals surface area contributed by atoms with Gasteiger partial charge in [-0.25, -0.2) is 0 Å². The Bertz CT molecular complexity index is 633. The van der Waals surface area contributed by atoms with E-state index < -0.39 is 0 Å². The van der Waals surface area contributed by atoms with Crippen LogP contribution >= 0.6 is 0 Å². The quantitative estimate of drug-likeness (QED) is 0.861. The van der Waals surface area contributed by atoms with Crippen molar-refractivity contribution in [1.82, 2.24) is 0 Å². The van der Waals surface area contributed by atoms with Crippen LogP contribution in [0.2, 0.25) is 0 Å². The molecule has 0 heterocycles. The Morgan fingerprint density at radius 2 is 1.63 bits per heavy atom. The van der Waals surface area contributed by atoms with E-state index in [2.05, 4.69) is 5.32 Å². The van der Waals surface area contributed by atoms with Crippen LogP contribution in [0.3, 0.4) is 0 Å². The van der Waals surface area contributed by atoms with Gasteiger partial charge in [0.1, 0.15) is 5.75 Å². The van der Waals surface area contributed by atoms with E-state index in [1.54, 1.807) is 12.1 Å². The van der Waals surface area contributed by atoms with Gasteiger partial charge in [0, 0.05) is 5.69 Å². The zero-order chi connectivity index (χ0) is 14.0. The molecule has 19 heavy (non-hydrogen) atoms. The molecular weight excluding hydrogens is 238 g/mol. The van der Waals surface area contributed by atoms with Crippen LogP contribution in [0.4, 0.5) is 5.69 Å². The number of anilines is 1. The number of phenols is 1. The van der Waals surface area contributed by atoms with Gasteiger partial charge in [-0.05, 0) is 50.1 Å². The molecule has 0 unspecified atom stereocenters. The minimum Gasteiger partial charge on any atom is -0.507 e. The van der Waals surface area contributed by atoms with Crippen molar-refractivity contribution in [3.05, 3.63) is 58.7 Å². The Morgan fingerprint density at radius 1 is 1.00 bits per heavy atom. The molecule has 0 saturated carbocycles. The number of hydrogen-bond donors (Lipinski definition) is 2. The van der Waals surface area contributed by atoms with Crippen LogP contribution in [0.15, 0.2) is 36.4 Å². The third kappa shape index (κ3) is 2.94. The molecule has 0 saturated heterocycles.